The van der Waals surface area contributed by atoms with E-state index in [-0.39, 0.29) is 5.91 Å². The molecular formula is C16H17N3O. The molecule has 4 nitrogen and oxygen atoms in total. The second-order valence-electron chi connectivity index (χ2n) is 4.79. The molecule has 2 aromatic rings. The largest absolute Gasteiger partial charge is 0.324 e. The Morgan fingerprint density at radius 2 is 2.20 bits per heavy atom. The molecule has 1 aromatic heterocycles. The third-order valence-corrected chi connectivity index (χ3v) is 3.15. The minimum Gasteiger partial charge on any atom is -0.324 e. The number of carbonyl (C=O) groups is 1. The van der Waals surface area contributed by atoms with E-state index in [0.29, 0.717) is 6.42 Å². The first-order chi connectivity index (χ1) is 9.65. The summed E-state index contributed by atoms with van der Waals surface area (Å²) >= 11 is 0. The van der Waals surface area contributed by atoms with Gasteiger partial charge in [-0.25, -0.2) is 0 Å². The number of hydrogen-bond acceptors (Lipinski definition) is 3. The minimum atomic E-state index is -0.604. The van der Waals surface area contributed by atoms with Crippen LogP contribution in [0.3, 0.4) is 0 Å². The zero-order valence-corrected chi connectivity index (χ0v) is 11.7. The van der Waals surface area contributed by atoms with Crippen LogP contribution in [0.4, 0.5) is 5.69 Å². The summed E-state index contributed by atoms with van der Waals surface area (Å²) in [4.78, 5) is 16.6. The molecule has 0 aliphatic rings. The fourth-order valence-corrected chi connectivity index (χ4v) is 2.17. The van der Waals surface area contributed by atoms with E-state index >= 15 is 0 Å². The highest BCUT2D eigenvalue weighted by molar-refractivity contribution is 6.02. The number of nitrogens with one attached hydrogen (secondary N) is 1. The lowest BCUT2D eigenvalue weighted by atomic mass is 10.0. The van der Waals surface area contributed by atoms with Crippen molar-refractivity contribution in [3.63, 3.8) is 0 Å². The van der Waals surface area contributed by atoms with Gasteiger partial charge in [-0.3, -0.25) is 9.78 Å². The van der Waals surface area contributed by atoms with Gasteiger partial charge in [-0.2, -0.15) is 5.26 Å². The van der Waals surface area contributed by atoms with Crippen LogP contribution in [0.1, 0.15) is 25.5 Å². The number of aryl methyl sites for hydroxylation is 1. The van der Waals surface area contributed by atoms with Crippen molar-refractivity contribution in [2.24, 2.45) is 5.92 Å². The molecule has 1 heterocycles. The Labute approximate surface area is 118 Å². The van der Waals surface area contributed by atoms with Gasteiger partial charge in [0, 0.05) is 11.1 Å². The molecule has 20 heavy (non-hydrogen) atoms. The molecule has 102 valence electrons. The van der Waals surface area contributed by atoms with Gasteiger partial charge in [-0.1, -0.05) is 31.5 Å². The number of nitriles is 1. The Morgan fingerprint density at radius 1 is 1.45 bits per heavy atom. The lowest BCUT2D eigenvalue weighted by molar-refractivity contribution is -0.118. The predicted octanol–water partition coefficient (Wildman–Crippen LogP) is 3.42. The maximum Gasteiger partial charge on any atom is 0.241 e. The van der Waals surface area contributed by atoms with Gasteiger partial charge in [0.15, 0.2) is 0 Å². The maximum absolute atomic E-state index is 12.1. The van der Waals surface area contributed by atoms with Crippen LogP contribution in [0, 0.1) is 24.2 Å². The van der Waals surface area contributed by atoms with E-state index in [9.17, 15) is 4.79 Å². The monoisotopic (exact) mass is 267 g/mol. The first kappa shape index (κ1) is 14.0. The molecule has 0 aliphatic heterocycles. The van der Waals surface area contributed by atoms with Gasteiger partial charge in [-0.15, -0.1) is 0 Å². The summed E-state index contributed by atoms with van der Waals surface area (Å²) in [6.07, 6.45) is 1.38. The number of nitrogens with zero attached hydrogens (tertiary/aromatic N) is 2. The van der Waals surface area contributed by atoms with E-state index in [1.807, 2.05) is 44.2 Å². The minimum absolute atomic E-state index is 0.245. The van der Waals surface area contributed by atoms with Crippen LogP contribution in [0.15, 0.2) is 30.3 Å². The van der Waals surface area contributed by atoms with Crippen LogP contribution in [-0.4, -0.2) is 10.9 Å². The molecular weight excluding hydrogens is 250 g/mol. The molecule has 1 atom stereocenters. The molecule has 0 spiro atoms. The van der Waals surface area contributed by atoms with Gasteiger partial charge in [0.25, 0.3) is 0 Å². The van der Waals surface area contributed by atoms with Crippen molar-refractivity contribution < 1.29 is 4.79 Å². The van der Waals surface area contributed by atoms with E-state index in [1.54, 1.807) is 0 Å². The maximum atomic E-state index is 12.1. The number of aromatic nitrogens is 1. The smallest absolute Gasteiger partial charge is 0.241 e. The van der Waals surface area contributed by atoms with Gasteiger partial charge in [0.1, 0.15) is 5.92 Å². The SMILES string of the molecule is CCCC(C#N)C(=O)Nc1cc(C)nc2ccccc12. The van der Waals surface area contributed by atoms with Crippen molar-refractivity contribution in [1.82, 2.24) is 4.98 Å². The second-order valence-corrected chi connectivity index (χ2v) is 4.79. The van der Waals surface area contributed by atoms with Crippen LogP contribution in [0.5, 0.6) is 0 Å². The fourth-order valence-electron chi connectivity index (χ4n) is 2.17. The van der Waals surface area contributed by atoms with Gasteiger partial charge >= 0.3 is 0 Å². The van der Waals surface area contributed by atoms with Crippen molar-refractivity contribution >= 4 is 22.5 Å². The van der Waals surface area contributed by atoms with Crippen LogP contribution >= 0.6 is 0 Å². The topological polar surface area (TPSA) is 65.8 Å². The Balaban J connectivity index is 2.34. The molecule has 1 unspecified atom stereocenters. The number of fused-ring (bicyclic) bond motifs is 1. The Kier molecular flexibility index (Phi) is 4.31. The molecule has 0 saturated heterocycles. The van der Waals surface area contributed by atoms with Crippen molar-refractivity contribution in [1.29, 1.82) is 5.26 Å². The van der Waals surface area contributed by atoms with E-state index in [4.69, 9.17) is 5.26 Å². The summed E-state index contributed by atoms with van der Waals surface area (Å²) in [5.41, 5.74) is 2.39. The quantitative estimate of drug-likeness (QED) is 0.923. The highest BCUT2D eigenvalue weighted by Crippen LogP contribution is 2.23. The first-order valence-corrected chi connectivity index (χ1v) is 6.72. The lowest BCUT2D eigenvalue weighted by Gasteiger charge is -2.12. The van der Waals surface area contributed by atoms with Gasteiger partial charge in [0.2, 0.25) is 5.91 Å². The molecule has 4 heteroatoms. The van der Waals surface area contributed by atoms with Crippen LogP contribution in [0.25, 0.3) is 10.9 Å². The molecule has 1 N–H and O–H groups in total. The van der Waals surface area contributed by atoms with Crippen LogP contribution < -0.4 is 5.32 Å². The van der Waals surface area contributed by atoms with E-state index in [1.165, 1.54) is 0 Å². The average molecular weight is 267 g/mol. The molecule has 0 saturated carbocycles. The normalized spacial score (nSPS) is 11.8. The third-order valence-electron chi connectivity index (χ3n) is 3.15. The number of hydrogen-bond donors (Lipinski definition) is 1. The molecule has 0 bridgehead atoms. The number of amides is 1. The number of pyridine rings is 1. The van der Waals surface area contributed by atoms with E-state index in [0.717, 1.165) is 28.7 Å². The van der Waals surface area contributed by atoms with Crippen LogP contribution in [0.2, 0.25) is 0 Å². The molecule has 0 fully saturated rings. The lowest BCUT2D eigenvalue weighted by Crippen LogP contribution is -2.21. The number of carbonyl (C=O) groups excluding carboxylic acids is 1. The Bertz CT molecular complexity index is 673. The summed E-state index contributed by atoms with van der Waals surface area (Å²) in [6, 6.07) is 11.5. The summed E-state index contributed by atoms with van der Waals surface area (Å²) in [6.45, 7) is 3.85. The molecule has 0 radical (unpaired) electrons. The van der Waals surface area contributed by atoms with Crippen molar-refractivity contribution in [3.05, 3.63) is 36.0 Å². The zero-order valence-electron chi connectivity index (χ0n) is 11.7. The number of benzene rings is 1. The van der Waals surface area contributed by atoms with Crippen LogP contribution in [-0.2, 0) is 4.79 Å². The number of anilines is 1. The molecule has 0 aliphatic carbocycles. The Morgan fingerprint density at radius 3 is 2.90 bits per heavy atom. The van der Waals surface area contributed by atoms with E-state index in [2.05, 4.69) is 16.4 Å². The average Bonchev–Trinajstić information content (AvgIpc) is 2.44. The molecule has 2 rings (SSSR count). The molecule has 1 amide bonds. The fraction of sp³-hybridized carbons (Fsp3) is 0.312. The summed E-state index contributed by atoms with van der Waals surface area (Å²) < 4.78 is 0. The van der Waals surface area contributed by atoms with Crippen molar-refractivity contribution in [2.45, 2.75) is 26.7 Å². The predicted molar refractivity (Wildman–Crippen MR) is 79.1 cm³/mol. The Hall–Kier alpha value is -2.41. The number of para-hydroxylation sites is 1. The second kappa shape index (κ2) is 6.16. The van der Waals surface area contributed by atoms with E-state index < -0.39 is 5.92 Å². The first-order valence-electron chi connectivity index (χ1n) is 6.72. The van der Waals surface area contributed by atoms with Crippen molar-refractivity contribution in [2.75, 3.05) is 5.32 Å². The number of rotatable bonds is 4. The van der Waals surface area contributed by atoms with Gasteiger partial charge < -0.3 is 5.32 Å². The summed E-state index contributed by atoms with van der Waals surface area (Å²) in [5, 5.41) is 12.8. The highest BCUT2D eigenvalue weighted by atomic mass is 16.1. The van der Waals surface area contributed by atoms with Gasteiger partial charge in [-0.05, 0) is 25.5 Å². The third kappa shape index (κ3) is 2.94. The standard InChI is InChI=1S/C16H17N3O/c1-3-6-12(10-17)16(20)19-15-9-11(2)18-14-8-5-4-7-13(14)15/h4-5,7-9,12H,3,6H2,1-2H3,(H,18,19,20). The highest BCUT2D eigenvalue weighted by Gasteiger charge is 2.17. The summed E-state index contributed by atoms with van der Waals surface area (Å²) in [5.74, 6) is -0.850. The summed E-state index contributed by atoms with van der Waals surface area (Å²) in [7, 11) is 0. The van der Waals surface area contributed by atoms with Gasteiger partial charge in [0.05, 0.1) is 17.3 Å². The zero-order chi connectivity index (χ0) is 14.5. The van der Waals surface area contributed by atoms with Crippen molar-refractivity contribution in [3.8, 4) is 6.07 Å². The molecule has 1 aromatic carbocycles.